The van der Waals surface area contributed by atoms with Crippen LogP contribution in [0.5, 0.6) is 0 Å². The summed E-state index contributed by atoms with van der Waals surface area (Å²) in [5, 5.41) is 1.19. The Kier molecular flexibility index (Phi) is 4.66. The summed E-state index contributed by atoms with van der Waals surface area (Å²) < 4.78 is 12.2. The Hall–Kier alpha value is -3.09. The van der Waals surface area contributed by atoms with E-state index in [0.29, 0.717) is 54.7 Å². The summed E-state index contributed by atoms with van der Waals surface area (Å²) in [6.45, 7) is 3.12. The Balaban J connectivity index is 1.65. The van der Waals surface area contributed by atoms with Gasteiger partial charge in [0.15, 0.2) is 0 Å². The molecule has 146 valence electrons. The number of hydrogen-bond acceptors (Lipinski definition) is 5. The van der Waals surface area contributed by atoms with Crippen LogP contribution >= 0.6 is 0 Å². The van der Waals surface area contributed by atoms with Crippen molar-refractivity contribution in [3.05, 3.63) is 46.4 Å². The third-order valence-electron chi connectivity index (χ3n) is 5.42. The smallest absolute Gasteiger partial charge is 0.345 e. The first-order chi connectivity index (χ1) is 13.5. The second-order valence-electron chi connectivity index (χ2n) is 7.06. The van der Waals surface area contributed by atoms with Crippen molar-refractivity contribution in [3.8, 4) is 0 Å². The number of hydrogen-bond donors (Lipinski definition) is 0. The average Bonchev–Trinajstić information content (AvgIpc) is 3.06. The summed E-state index contributed by atoms with van der Waals surface area (Å²) in [6, 6.07) is 8.90. The van der Waals surface area contributed by atoms with E-state index in [9.17, 15) is 14.4 Å². The fourth-order valence-corrected chi connectivity index (χ4v) is 3.94. The Bertz CT molecular complexity index is 1120. The van der Waals surface area contributed by atoms with Crippen molar-refractivity contribution in [3.63, 3.8) is 0 Å². The van der Waals surface area contributed by atoms with Crippen LogP contribution in [0.2, 0.25) is 0 Å². The molecule has 7 nitrogen and oxygen atoms in total. The molecule has 1 aliphatic heterocycles. The van der Waals surface area contributed by atoms with Crippen LogP contribution in [0.25, 0.3) is 21.9 Å². The van der Waals surface area contributed by atoms with Crippen LogP contribution in [0.15, 0.2) is 39.5 Å². The summed E-state index contributed by atoms with van der Waals surface area (Å²) >= 11 is 0. The van der Waals surface area contributed by atoms with Gasteiger partial charge in [0.1, 0.15) is 11.3 Å². The molecule has 0 N–H and O–H groups in total. The molecular weight excluding hydrogens is 360 g/mol. The maximum atomic E-state index is 13.1. The molecule has 1 amide bonds. The van der Waals surface area contributed by atoms with Gasteiger partial charge in [-0.3, -0.25) is 9.59 Å². The van der Waals surface area contributed by atoms with Crippen molar-refractivity contribution in [1.82, 2.24) is 9.47 Å². The number of ether oxygens (including phenoxy) is 1. The van der Waals surface area contributed by atoms with E-state index in [1.165, 1.54) is 0 Å². The van der Waals surface area contributed by atoms with Crippen LogP contribution in [0.1, 0.15) is 30.3 Å². The van der Waals surface area contributed by atoms with Gasteiger partial charge >= 0.3 is 11.6 Å². The van der Waals surface area contributed by atoms with Crippen LogP contribution in [0.4, 0.5) is 0 Å². The molecule has 0 spiro atoms. The van der Waals surface area contributed by atoms with Crippen molar-refractivity contribution in [2.24, 2.45) is 13.0 Å². The summed E-state index contributed by atoms with van der Waals surface area (Å²) in [6.07, 6.45) is 1.17. The van der Waals surface area contributed by atoms with Crippen LogP contribution in [0, 0.1) is 5.92 Å². The van der Waals surface area contributed by atoms with Crippen LogP contribution in [0.3, 0.4) is 0 Å². The van der Waals surface area contributed by atoms with Crippen LogP contribution in [-0.2, 0) is 16.6 Å². The lowest BCUT2D eigenvalue weighted by atomic mass is 9.97. The van der Waals surface area contributed by atoms with E-state index in [0.717, 1.165) is 5.39 Å². The first-order valence-electron chi connectivity index (χ1n) is 9.48. The topological polar surface area (TPSA) is 81.8 Å². The Morgan fingerprint density at radius 3 is 2.61 bits per heavy atom. The number of aryl methyl sites for hydroxylation is 1. The van der Waals surface area contributed by atoms with Crippen LogP contribution < -0.4 is 5.63 Å². The highest BCUT2D eigenvalue weighted by Crippen LogP contribution is 2.27. The van der Waals surface area contributed by atoms with E-state index in [1.807, 2.05) is 12.1 Å². The standard InChI is InChI=1S/C21H22N2O5/c1-3-27-20(25)13-8-10-23(11-9-13)19(24)16-12-15-18(22(16)2)14-6-4-5-7-17(14)28-21(15)26/h4-7,12-13H,3,8-11H2,1-2H3. The Morgan fingerprint density at radius 1 is 1.18 bits per heavy atom. The van der Waals surface area contributed by atoms with E-state index in [-0.39, 0.29) is 17.8 Å². The number of carbonyl (C=O) groups is 2. The summed E-state index contributed by atoms with van der Waals surface area (Å²) in [7, 11) is 1.78. The third kappa shape index (κ3) is 2.96. The normalized spacial score (nSPS) is 15.3. The summed E-state index contributed by atoms with van der Waals surface area (Å²) in [4.78, 5) is 39.1. The molecule has 28 heavy (non-hydrogen) atoms. The lowest BCUT2D eigenvalue weighted by Gasteiger charge is -2.31. The molecule has 0 unspecified atom stereocenters. The maximum Gasteiger partial charge on any atom is 0.345 e. The monoisotopic (exact) mass is 382 g/mol. The number of carbonyl (C=O) groups excluding carboxylic acids is 2. The number of esters is 1. The highest BCUT2D eigenvalue weighted by Gasteiger charge is 2.30. The molecule has 3 aromatic rings. The third-order valence-corrected chi connectivity index (χ3v) is 5.42. The number of para-hydroxylation sites is 1. The van der Waals surface area contributed by atoms with Gasteiger partial charge in [0.25, 0.3) is 5.91 Å². The van der Waals surface area contributed by atoms with Gasteiger partial charge in [0.05, 0.1) is 23.4 Å². The second-order valence-corrected chi connectivity index (χ2v) is 7.06. The number of nitrogens with zero attached hydrogens (tertiary/aromatic N) is 2. The van der Waals surface area contributed by atoms with Crippen molar-refractivity contribution in [2.45, 2.75) is 19.8 Å². The van der Waals surface area contributed by atoms with Gasteiger partial charge in [0.2, 0.25) is 0 Å². The number of rotatable bonds is 3. The number of benzene rings is 1. The highest BCUT2D eigenvalue weighted by molar-refractivity contribution is 6.07. The van der Waals surface area contributed by atoms with Gasteiger partial charge in [-0.2, -0.15) is 0 Å². The molecule has 0 radical (unpaired) electrons. The molecule has 2 aromatic heterocycles. The first kappa shape index (κ1) is 18.3. The molecule has 0 bridgehead atoms. The lowest BCUT2D eigenvalue weighted by molar-refractivity contribution is -0.149. The van der Waals surface area contributed by atoms with Gasteiger partial charge in [0, 0.05) is 25.5 Å². The molecule has 0 saturated carbocycles. The Labute approximate surface area is 161 Å². The van der Waals surface area contributed by atoms with Crippen molar-refractivity contribution in [2.75, 3.05) is 19.7 Å². The van der Waals surface area contributed by atoms with E-state index in [1.54, 1.807) is 41.6 Å². The molecule has 0 atom stereocenters. The van der Waals surface area contributed by atoms with E-state index >= 15 is 0 Å². The fourth-order valence-electron chi connectivity index (χ4n) is 3.94. The maximum absolute atomic E-state index is 13.1. The Morgan fingerprint density at radius 2 is 1.89 bits per heavy atom. The minimum Gasteiger partial charge on any atom is -0.466 e. The average molecular weight is 382 g/mol. The molecule has 1 saturated heterocycles. The predicted molar refractivity (Wildman–Crippen MR) is 104 cm³/mol. The second kappa shape index (κ2) is 7.14. The molecular formula is C21H22N2O5. The van der Waals surface area contributed by atoms with E-state index in [4.69, 9.17) is 9.15 Å². The SMILES string of the molecule is CCOC(=O)C1CCN(C(=O)c2cc3c(=O)oc4ccccc4c3n2C)CC1. The molecule has 1 aromatic carbocycles. The number of piperidine rings is 1. The van der Waals surface area contributed by atoms with Crippen molar-refractivity contribution < 1.29 is 18.7 Å². The largest absolute Gasteiger partial charge is 0.466 e. The van der Waals surface area contributed by atoms with E-state index < -0.39 is 5.63 Å². The van der Waals surface area contributed by atoms with Gasteiger partial charge in [-0.1, -0.05) is 12.1 Å². The minimum absolute atomic E-state index is 0.149. The molecule has 4 rings (SSSR count). The molecule has 7 heteroatoms. The van der Waals surface area contributed by atoms with Gasteiger partial charge in [-0.15, -0.1) is 0 Å². The van der Waals surface area contributed by atoms with E-state index in [2.05, 4.69) is 0 Å². The van der Waals surface area contributed by atoms with Crippen molar-refractivity contribution >= 4 is 33.7 Å². The van der Waals surface area contributed by atoms with Gasteiger partial charge < -0.3 is 18.6 Å². The first-order valence-corrected chi connectivity index (χ1v) is 9.48. The van der Waals surface area contributed by atoms with Crippen LogP contribution in [-0.4, -0.2) is 41.0 Å². The van der Waals surface area contributed by atoms with Crippen molar-refractivity contribution in [1.29, 1.82) is 0 Å². The zero-order valence-electron chi connectivity index (χ0n) is 15.9. The molecule has 0 aliphatic carbocycles. The molecule has 1 aliphatic rings. The molecule has 1 fully saturated rings. The van der Waals surface area contributed by atoms with Gasteiger partial charge in [-0.05, 0) is 38.0 Å². The highest BCUT2D eigenvalue weighted by atomic mass is 16.5. The predicted octanol–water partition coefficient (Wildman–Crippen LogP) is 2.70. The fraction of sp³-hybridized carbons (Fsp3) is 0.381. The lowest BCUT2D eigenvalue weighted by Crippen LogP contribution is -2.41. The number of fused-ring (bicyclic) bond motifs is 3. The number of amides is 1. The number of likely N-dealkylation sites (tertiary alicyclic amines) is 1. The zero-order chi connectivity index (χ0) is 19.8. The quantitative estimate of drug-likeness (QED) is 0.514. The molecule has 3 heterocycles. The summed E-state index contributed by atoms with van der Waals surface area (Å²) in [5.74, 6) is -0.500. The number of aromatic nitrogens is 1. The zero-order valence-corrected chi connectivity index (χ0v) is 15.9. The summed E-state index contributed by atoms with van der Waals surface area (Å²) in [5.41, 5.74) is 1.17. The minimum atomic E-state index is -0.454. The van der Waals surface area contributed by atoms with Gasteiger partial charge in [-0.25, -0.2) is 4.79 Å².